The molecule has 6 heteroatoms. The Kier molecular flexibility index (Phi) is 10.1. The zero-order valence-corrected chi connectivity index (χ0v) is 26.3. The van der Waals surface area contributed by atoms with Crippen molar-refractivity contribution in [1.82, 2.24) is 19.9 Å². The smallest absolute Gasteiger partial charge is 0.220 e. The summed E-state index contributed by atoms with van der Waals surface area (Å²) < 4.78 is 10.7. The lowest BCUT2D eigenvalue weighted by atomic mass is 9.87. The highest BCUT2D eigenvalue weighted by Crippen LogP contribution is 2.38. The van der Waals surface area contributed by atoms with Crippen LogP contribution in [0.4, 0.5) is 0 Å². The molecule has 1 aliphatic heterocycles. The fourth-order valence-corrected chi connectivity index (χ4v) is 5.84. The van der Waals surface area contributed by atoms with Crippen molar-refractivity contribution in [3.05, 3.63) is 76.8 Å². The molecule has 1 atom stereocenters. The minimum Gasteiger partial charge on any atom is -0.481 e. The van der Waals surface area contributed by atoms with E-state index < -0.39 is 0 Å². The molecule has 3 aromatic rings. The number of likely N-dealkylation sites (tertiary alicyclic amines) is 1. The van der Waals surface area contributed by atoms with Crippen molar-refractivity contribution in [2.24, 2.45) is 5.92 Å². The molecule has 0 aliphatic carbocycles. The molecule has 1 fully saturated rings. The number of aromatic nitrogens is 3. The summed E-state index contributed by atoms with van der Waals surface area (Å²) in [5.41, 5.74) is 9.13. The van der Waals surface area contributed by atoms with Gasteiger partial charge in [-0.15, -0.1) is 0 Å². The second-order valence-corrected chi connectivity index (χ2v) is 11.8. The van der Waals surface area contributed by atoms with Crippen LogP contribution in [0.25, 0.3) is 16.5 Å². The molecule has 2 aromatic heterocycles. The van der Waals surface area contributed by atoms with Crippen molar-refractivity contribution in [1.29, 1.82) is 0 Å². The topological polar surface area (TPSA) is 63.3 Å². The third-order valence-electron chi connectivity index (χ3n) is 8.77. The summed E-state index contributed by atoms with van der Waals surface area (Å²) in [6, 6.07) is 8.78. The van der Waals surface area contributed by atoms with Gasteiger partial charge in [0.15, 0.2) is 0 Å². The fourth-order valence-electron chi connectivity index (χ4n) is 5.84. The molecule has 1 saturated heterocycles. The van der Waals surface area contributed by atoms with E-state index in [0.29, 0.717) is 36.1 Å². The number of rotatable bonds is 11. The number of hydrogen-bond acceptors (Lipinski definition) is 5. The van der Waals surface area contributed by atoms with Crippen LogP contribution in [0.1, 0.15) is 95.3 Å². The number of ether oxygens (including phenoxy) is 2. The van der Waals surface area contributed by atoms with Crippen molar-refractivity contribution in [2.45, 2.75) is 79.2 Å². The van der Waals surface area contributed by atoms with Crippen LogP contribution in [0.15, 0.2) is 54.1 Å². The highest BCUT2D eigenvalue weighted by atomic mass is 16.5. The molecule has 41 heavy (non-hydrogen) atoms. The highest BCUT2D eigenvalue weighted by molar-refractivity contribution is 5.93. The first-order valence-electron chi connectivity index (χ1n) is 15.0. The number of nitrogens with one attached hydrogen (secondary N) is 1. The molecule has 1 aromatic carbocycles. The van der Waals surface area contributed by atoms with Gasteiger partial charge in [-0.2, -0.15) is 9.97 Å². The molecular weight excluding hydrogens is 508 g/mol. The number of fused-ring (bicyclic) bond motifs is 1. The SMILES string of the molecule is C=C/C(C)=C(\C=C(\C)C(C)CC)c1[nH]c2ccc(C3CCN(Cc4nc(OC)cc(OC)n4)CC3)cc2c1C(C)C. The van der Waals surface area contributed by atoms with Gasteiger partial charge in [0.05, 0.1) is 32.5 Å². The van der Waals surface area contributed by atoms with E-state index in [4.69, 9.17) is 9.47 Å². The molecule has 0 bridgehead atoms. The van der Waals surface area contributed by atoms with Crippen LogP contribution in [0.5, 0.6) is 11.8 Å². The first kappa shape index (κ1) is 30.6. The number of H-pyrrole nitrogens is 1. The molecule has 1 N–H and O–H groups in total. The lowest BCUT2D eigenvalue weighted by molar-refractivity contribution is 0.198. The molecule has 1 unspecified atom stereocenters. The van der Waals surface area contributed by atoms with E-state index in [1.807, 2.05) is 6.08 Å². The minimum absolute atomic E-state index is 0.389. The first-order valence-corrected chi connectivity index (χ1v) is 15.0. The van der Waals surface area contributed by atoms with Gasteiger partial charge in [0, 0.05) is 16.5 Å². The van der Waals surface area contributed by atoms with Gasteiger partial charge in [0.2, 0.25) is 11.8 Å². The molecular formula is C35H48N4O2. The van der Waals surface area contributed by atoms with Gasteiger partial charge in [-0.3, -0.25) is 4.90 Å². The van der Waals surface area contributed by atoms with Gasteiger partial charge < -0.3 is 14.5 Å². The van der Waals surface area contributed by atoms with Gasteiger partial charge >= 0.3 is 0 Å². The van der Waals surface area contributed by atoms with Crippen LogP contribution in [0.3, 0.4) is 0 Å². The molecule has 3 heterocycles. The standard InChI is InChI=1S/C35H48N4O2/c1-10-23(5)25(7)18-28(24(6)11-2)35-34(22(3)4)29-19-27(12-13-30(29)36-35)26-14-16-39(17-15-26)21-31-37-32(40-8)20-33(38-31)41-9/h11-13,18-20,22-23,26,36H,2,10,14-17,21H2,1,3-9H3/b25-18-,28-24+. The van der Waals surface area contributed by atoms with E-state index >= 15 is 0 Å². The van der Waals surface area contributed by atoms with Crippen molar-refractivity contribution in [3.63, 3.8) is 0 Å². The maximum Gasteiger partial charge on any atom is 0.220 e. The van der Waals surface area contributed by atoms with Crippen molar-refractivity contribution < 1.29 is 9.47 Å². The van der Waals surface area contributed by atoms with Crippen LogP contribution >= 0.6 is 0 Å². The van der Waals surface area contributed by atoms with Crippen LogP contribution in [-0.2, 0) is 6.54 Å². The van der Waals surface area contributed by atoms with Crippen LogP contribution in [0, 0.1) is 5.92 Å². The normalized spacial score (nSPS) is 16.7. The maximum atomic E-state index is 5.33. The Labute approximate surface area is 246 Å². The molecule has 0 spiro atoms. The van der Waals surface area contributed by atoms with Gasteiger partial charge in [0.1, 0.15) is 5.82 Å². The number of benzene rings is 1. The molecule has 4 rings (SSSR count). The lowest BCUT2D eigenvalue weighted by Crippen LogP contribution is -2.33. The Morgan fingerprint density at radius 2 is 1.73 bits per heavy atom. The Morgan fingerprint density at radius 1 is 1.07 bits per heavy atom. The molecule has 6 nitrogen and oxygen atoms in total. The van der Waals surface area contributed by atoms with E-state index in [1.165, 1.54) is 44.4 Å². The number of piperidine rings is 1. The van der Waals surface area contributed by atoms with Gasteiger partial charge in [-0.05, 0) is 92.8 Å². The number of allylic oxidation sites excluding steroid dienone is 5. The Balaban J connectivity index is 1.59. The largest absolute Gasteiger partial charge is 0.481 e. The Bertz CT molecular complexity index is 1400. The summed E-state index contributed by atoms with van der Waals surface area (Å²) in [6.45, 7) is 20.4. The molecule has 0 saturated carbocycles. The predicted octanol–water partition coefficient (Wildman–Crippen LogP) is 8.43. The third-order valence-corrected chi connectivity index (χ3v) is 8.77. The zero-order valence-electron chi connectivity index (χ0n) is 26.3. The van der Waals surface area contributed by atoms with E-state index in [-0.39, 0.29) is 0 Å². The van der Waals surface area contributed by atoms with E-state index in [2.05, 4.69) is 92.2 Å². The van der Waals surface area contributed by atoms with Crippen molar-refractivity contribution in [3.8, 4) is 11.8 Å². The van der Waals surface area contributed by atoms with Crippen molar-refractivity contribution in [2.75, 3.05) is 27.3 Å². The second-order valence-electron chi connectivity index (χ2n) is 11.8. The van der Waals surface area contributed by atoms with Gasteiger partial charge in [-0.25, -0.2) is 0 Å². The van der Waals surface area contributed by atoms with Gasteiger partial charge in [-0.1, -0.05) is 58.1 Å². The molecule has 0 amide bonds. The number of methoxy groups -OCH3 is 2. The number of hydrogen-bond donors (Lipinski definition) is 1. The number of nitrogens with zero attached hydrogens (tertiary/aromatic N) is 3. The average molecular weight is 557 g/mol. The summed E-state index contributed by atoms with van der Waals surface area (Å²) in [6.07, 6.45) is 7.71. The van der Waals surface area contributed by atoms with Crippen LogP contribution in [0.2, 0.25) is 0 Å². The highest BCUT2D eigenvalue weighted by Gasteiger charge is 2.24. The second kappa shape index (κ2) is 13.5. The summed E-state index contributed by atoms with van der Waals surface area (Å²) in [7, 11) is 3.24. The third kappa shape index (κ3) is 6.92. The lowest BCUT2D eigenvalue weighted by Gasteiger charge is -2.31. The summed E-state index contributed by atoms with van der Waals surface area (Å²) >= 11 is 0. The van der Waals surface area contributed by atoms with E-state index in [0.717, 1.165) is 38.2 Å². The van der Waals surface area contributed by atoms with E-state index in [1.54, 1.807) is 20.3 Å². The van der Waals surface area contributed by atoms with Crippen LogP contribution in [-0.4, -0.2) is 47.2 Å². The summed E-state index contributed by atoms with van der Waals surface area (Å²) in [5, 5.41) is 1.34. The monoisotopic (exact) mass is 556 g/mol. The zero-order chi connectivity index (χ0) is 29.7. The van der Waals surface area contributed by atoms with Crippen LogP contribution < -0.4 is 9.47 Å². The summed E-state index contributed by atoms with van der Waals surface area (Å²) in [5.74, 6) is 3.28. The fraction of sp³-hybridized carbons (Fsp3) is 0.486. The predicted molar refractivity (Wildman–Crippen MR) is 171 cm³/mol. The molecule has 1 aliphatic rings. The summed E-state index contributed by atoms with van der Waals surface area (Å²) in [4.78, 5) is 15.3. The van der Waals surface area contributed by atoms with Crippen molar-refractivity contribution >= 4 is 16.5 Å². The maximum absolute atomic E-state index is 5.33. The van der Waals surface area contributed by atoms with E-state index in [9.17, 15) is 0 Å². The Hall–Kier alpha value is -3.38. The van der Waals surface area contributed by atoms with Gasteiger partial charge in [0.25, 0.3) is 0 Å². The average Bonchev–Trinajstić information content (AvgIpc) is 3.37. The minimum atomic E-state index is 0.389. The Morgan fingerprint density at radius 3 is 2.29 bits per heavy atom. The molecule has 0 radical (unpaired) electrons. The molecule has 220 valence electrons. The first-order chi connectivity index (χ1) is 19.7. The quantitative estimate of drug-likeness (QED) is 0.240. The number of aromatic amines is 1.